The Morgan fingerprint density at radius 1 is 1.24 bits per heavy atom. The van der Waals surface area contributed by atoms with Gasteiger partial charge in [0.2, 0.25) is 0 Å². The first kappa shape index (κ1) is 17.3. The number of nitrogens with zero attached hydrogens (tertiary/aromatic N) is 2. The highest BCUT2D eigenvalue weighted by molar-refractivity contribution is 6.35. The Bertz CT molecular complexity index is 697. The Kier molecular flexibility index (Phi) is 5.28. The second-order valence-corrected chi connectivity index (χ2v) is 6.15. The third-order valence-corrected chi connectivity index (χ3v) is 4.16. The van der Waals surface area contributed by atoms with Gasteiger partial charge in [0.1, 0.15) is 5.82 Å². The minimum Gasteiger partial charge on any atom is -0.378 e. The Morgan fingerprint density at radius 3 is 2.60 bits per heavy atom. The number of hydrazone groups is 1. The number of carbonyl (C=O) groups excluding carboxylic acids is 2. The zero-order chi connectivity index (χ0) is 17.8. The summed E-state index contributed by atoms with van der Waals surface area (Å²) in [5.74, 6) is -1.88. The lowest BCUT2D eigenvalue weighted by Crippen LogP contribution is -2.39. The molecule has 0 aromatic heterocycles. The molecule has 0 unspecified atom stereocenters. The van der Waals surface area contributed by atoms with Crippen LogP contribution in [-0.4, -0.2) is 49.9 Å². The molecule has 8 heteroatoms. The molecule has 7 nitrogen and oxygen atoms in total. The predicted octanol–water partition coefficient (Wildman–Crippen LogP) is 0.781. The van der Waals surface area contributed by atoms with Gasteiger partial charge in [-0.25, -0.2) is 9.82 Å². The molecule has 1 aliphatic carbocycles. The first-order valence-corrected chi connectivity index (χ1v) is 8.32. The average Bonchev–Trinajstić information content (AvgIpc) is 3.43. The van der Waals surface area contributed by atoms with E-state index in [9.17, 15) is 14.0 Å². The molecule has 0 radical (unpaired) electrons. The fourth-order valence-corrected chi connectivity index (χ4v) is 2.52. The molecular formula is C17H21FN4O3. The molecule has 3 rings (SSSR count). The third-order valence-electron chi connectivity index (χ3n) is 4.16. The van der Waals surface area contributed by atoms with E-state index in [4.69, 9.17) is 4.74 Å². The van der Waals surface area contributed by atoms with Crippen molar-refractivity contribution in [1.82, 2.24) is 10.7 Å². The van der Waals surface area contributed by atoms with E-state index in [1.54, 1.807) is 19.1 Å². The molecular weight excluding hydrogens is 327 g/mol. The molecule has 2 amide bonds. The molecule has 134 valence electrons. The van der Waals surface area contributed by atoms with E-state index in [2.05, 4.69) is 15.8 Å². The van der Waals surface area contributed by atoms with E-state index in [1.807, 2.05) is 4.90 Å². The lowest BCUT2D eigenvalue weighted by Gasteiger charge is -2.29. The van der Waals surface area contributed by atoms with Gasteiger partial charge in [-0.1, -0.05) is 6.07 Å². The number of hydrogen-bond acceptors (Lipinski definition) is 5. The van der Waals surface area contributed by atoms with Gasteiger partial charge in [-0.15, -0.1) is 0 Å². The maximum absolute atomic E-state index is 14.4. The quantitative estimate of drug-likeness (QED) is 0.479. The Labute approximate surface area is 145 Å². The normalized spacial score (nSPS) is 18.0. The fraction of sp³-hybridized carbons (Fsp3) is 0.471. The van der Waals surface area contributed by atoms with Gasteiger partial charge in [0.15, 0.2) is 0 Å². The van der Waals surface area contributed by atoms with E-state index < -0.39 is 11.8 Å². The summed E-state index contributed by atoms with van der Waals surface area (Å²) in [5, 5.41) is 6.46. The first-order chi connectivity index (χ1) is 12.0. The molecule has 2 aliphatic rings. The highest BCUT2D eigenvalue weighted by atomic mass is 19.1. The average molecular weight is 348 g/mol. The highest BCUT2D eigenvalue weighted by Gasteiger charge is 2.26. The monoisotopic (exact) mass is 348 g/mol. The van der Waals surface area contributed by atoms with E-state index in [0.717, 1.165) is 12.8 Å². The van der Waals surface area contributed by atoms with Crippen molar-refractivity contribution in [3.8, 4) is 0 Å². The van der Waals surface area contributed by atoms with Crippen molar-refractivity contribution >= 4 is 23.2 Å². The van der Waals surface area contributed by atoms with Crippen LogP contribution in [0.4, 0.5) is 10.1 Å². The molecule has 0 bridgehead atoms. The standard InChI is InChI=1S/C17H21FN4O3/c1-11(20-21-17(24)16(23)19-13-3-4-13)12-2-5-15(14(18)10-12)22-6-8-25-9-7-22/h2,5,10,13H,3-4,6-9H2,1H3,(H,19,23)(H,21,24)/b20-11-. The Morgan fingerprint density at radius 2 is 1.96 bits per heavy atom. The second kappa shape index (κ2) is 7.60. The number of benzene rings is 1. The predicted molar refractivity (Wildman–Crippen MR) is 91.0 cm³/mol. The number of rotatable bonds is 4. The maximum atomic E-state index is 14.4. The van der Waals surface area contributed by atoms with Crippen molar-refractivity contribution in [2.24, 2.45) is 5.10 Å². The van der Waals surface area contributed by atoms with Gasteiger partial charge in [-0.3, -0.25) is 9.59 Å². The summed E-state index contributed by atoms with van der Waals surface area (Å²) in [6.45, 7) is 4.10. The summed E-state index contributed by atoms with van der Waals surface area (Å²) < 4.78 is 19.7. The van der Waals surface area contributed by atoms with Crippen LogP contribution in [0.5, 0.6) is 0 Å². The minimum absolute atomic E-state index is 0.102. The van der Waals surface area contributed by atoms with Gasteiger partial charge in [0, 0.05) is 24.7 Å². The van der Waals surface area contributed by atoms with Gasteiger partial charge in [-0.2, -0.15) is 5.10 Å². The number of anilines is 1. The van der Waals surface area contributed by atoms with Gasteiger partial charge in [0.25, 0.3) is 0 Å². The van der Waals surface area contributed by atoms with Crippen LogP contribution >= 0.6 is 0 Å². The zero-order valence-corrected chi connectivity index (χ0v) is 14.0. The van der Waals surface area contributed by atoms with Crippen LogP contribution in [0, 0.1) is 5.82 Å². The highest BCUT2D eigenvalue weighted by Crippen LogP contribution is 2.22. The molecule has 1 aromatic rings. The fourth-order valence-electron chi connectivity index (χ4n) is 2.52. The van der Waals surface area contributed by atoms with Gasteiger partial charge in [-0.05, 0) is 31.9 Å². The second-order valence-electron chi connectivity index (χ2n) is 6.15. The molecule has 1 aromatic carbocycles. The SMILES string of the molecule is C/C(=N/NC(=O)C(=O)NC1CC1)c1ccc(N2CCOCC2)c(F)c1. The number of morpholine rings is 1. The van der Waals surface area contributed by atoms with Gasteiger partial charge in [0.05, 0.1) is 24.6 Å². The van der Waals surface area contributed by atoms with Crippen molar-refractivity contribution in [3.63, 3.8) is 0 Å². The molecule has 1 aliphatic heterocycles. The van der Waals surface area contributed by atoms with Crippen LogP contribution in [0.15, 0.2) is 23.3 Å². The van der Waals surface area contributed by atoms with E-state index in [0.29, 0.717) is 43.3 Å². The minimum atomic E-state index is -0.823. The first-order valence-electron chi connectivity index (χ1n) is 8.32. The number of halogens is 1. The van der Waals surface area contributed by atoms with E-state index >= 15 is 0 Å². The van der Waals surface area contributed by atoms with Crippen LogP contribution in [0.25, 0.3) is 0 Å². The molecule has 0 atom stereocenters. The summed E-state index contributed by atoms with van der Waals surface area (Å²) in [7, 11) is 0. The number of amides is 2. The largest absolute Gasteiger partial charge is 0.378 e. The summed E-state index contributed by atoms with van der Waals surface area (Å²) in [5.41, 5.74) is 3.68. The van der Waals surface area contributed by atoms with Crippen LogP contribution in [0.3, 0.4) is 0 Å². The van der Waals surface area contributed by atoms with Gasteiger partial charge < -0.3 is 15.0 Å². The zero-order valence-electron chi connectivity index (χ0n) is 14.0. The summed E-state index contributed by atoms with van der Waals surface area (Å²) in [4.78, 5) is 25.1. The van der Waals surface area contributed by atoms with Gasteiger partial charge >= 0.3 is 11.8 Å². The van der Waals surface area contributed by atoms with Crippen molar-refractivity contribution in [3.05, 3.63) is 29.6 Å². The van der Waals surface area contributed by atoms with E-state index in [1.165, 1.54) is 6.07 Å². The molecule has 1 heterocycles. The molecule has 2 N–H and O–H groups in total. The summed E-state index contributed by atoms with van der Waals surface area (Å²) in [6.07, 6.45) is 1.80. The number of carbonyl (C=O) groups is 2. The van der Waals surface area contributed by atoms with Crippen LogP contribution in [-0.2, 0) is 14.3 Å². The van der Waals surface area contributed by atoms with Crippen LogP contribution in [0.1, 0.15) is 25.3 Å². The lowest BCUT2D eigenvalue weighted by atomic mass is 10.1. The molecule has 1 saturated heterocycles. The third kappa shape index (κ3) is 4.54. The van der Waals surface area contributed by atoms with Crippen LogP contribution < -0.4 is 15.6 Å². The number of ether oxygens (including phenoxy) is 1. The smallest absolute Gasteiger partial charge is 0.329 e. The topological polar surface area (TPSA) is 83.0 Å². The lowest BCUT2D eigenvalue weighted by molar-refractivity contribution is -0.139. The molecule has 1 saturated carbocycles. The Balaban J connectivity index is 1.62. The number of nitrogens with one attached hydrogen (secondary N) is 2. The maximum Gasteiger partial charge on any atom is 0.329 e. The molecule has 2 fully saturated rings. The van der Waals surface area contributed by atoms with Crippen molar-refractivity contribution < 1.29 is 18.7 Å². The number of hydrogen-bond donors (Lipinski definition) is 2. The summed E-state index contributed by atoms with van der Waals surface area (Å²) >= 11 is 0. The van der Waals surface area contributed by atoms with Crippen molar-refractivity contribution in [1.29, 1.82) is 0 Å². The van der Waals surface area contributed by atoms with Crippen molar-refractivity contribution in [2.45, 2.75) is 25.8 Å². The Hall–Kier alpha value is -2.48. The van der Waals surface area contributed by atoms with E-state index in [-0.39, 0.29) is 11.9 Å². The van der Waals surface area contributed by atoms with Crippen molar-refractivity contribution in [2.75, 3.05) is 31.2 Å². The summed E-state index contributed by atoms with van der Waals surface area (Å²) in [6, 6.07) is 4.91. The molecule has 25 heavy (non-hydrogen) atoms. The van der Waals surface area contributed by atoms with Crippen LogP contribution in [0.2, 0.25) is 0 Å². The molecule has 0 spiro atoms.